The second-order valence-corrected chi connectivity index (χ2v) is 13.6. The summed E-state index contributed by atoms with van der Waals surface area (Å²) in [5.41, 5.74) is 4.04. The van der Waals surface area contributed by atoms with Crippen LogP contribution in [0.3, 0.4) is 0 Å². The summed E-state index contributed by atoms with van der Waals surface area (Å²) < 4.78 is 0. The van der Waals surface area contributed by atoms with Crippen molar-refractivity contribution in [2.75, 3.05) is 0 Å². The van der Waals surface area contributed by atoms with Crippen molar-refractivity contribution in [3.63, 3.8) is 0 Å². The first-order valence-corrected chi connectivity index (χ1v) is 14.0. The zero-order valence-corrected chi connectivity index (χ0v) is 22.2. The van der Waals surface area contributed by atoms with E-state index in [4.69, 9.17) is 9.97 Å². The normalized spacial score (nSPS) is 41.7. The number of aromatic nitrogens is 2. The fourth-order valence-electron chi connectivity index (χ4n) is 9.09. The van der Waals surface area contributed by atoms with Crippen LogP contribution >= 0.6 is 0 Å². The SMILES string of the molecule is CC(C)[C@]12CC(c3ccc4ccc5ccc(C6(O)C[C@]7(C(C)C)C[C@@H]7[C@@H]6C)nc5c4n3)[C@@H](C)[C@H]1C2. The van der Waals surface area contributed by atoms with Gasteiger partial charge in [-0.15, -0.1) is 0 Å². The Morgan fingerprint density at radius 3 is 2.00 bits per heavy atom. The van der Waals surface area contributed by atoms with Gasteiger partial charge in [0.25, 0.3) is 0 Å². The van der Waals surface area contributed by atoms with E-state index in [2.05, 4.69) is 77.9 Å². The van der Waals surface area contributed by atoms with Gasteiger partial charge in [-0.05, 0) is 84.2 Å². The maximum Gasteiger partial charge on any atom is 0.110 e. The van der Waals surface area contributed by atoms with E-state index in [0.29, 0.717) is 34.5 Å². The van der Waals surface area contributed by atoms with Crippen LogP contribution in [-0.2, 0) is 5.60 Å². The fourth-order valence-corrected chi connectivity index (χ4v) is 9.09. The Bertz CT molecular complexity index is 1360. The highest BCUT2D eigenvalue weighted by molar-refractivity contribution is 6.02. The molecule has 2 aromatic heterocycles. The average Bonchev–Trinajstić information content (AvgIpc) is 3.72. The van der Waals surface area contributed by atoms with Gasteiger partial charge < -0.3 is 5.11 Å². The Balaban J connectivity index is 1.31. The lowest BCUT2D eigenvalue weighted by Crippen LogP contribution is -2.33. The van der Waals surface area contributed by atoms with Crippen LogP contribution in [0.2, 0.25) is 0 Å². The summed E-state index contributed by atoms with van der Waals surface area (Å²) in [7, 11) is 0. The summed E-state index contributed by atoms with van der Waals surface area (Å²) in [5, 5.41) is 14.2. The van der Waals surface area contributed by atoms with Crippen LogP contribution in [0.4, 0.5) is 0 Å². The summed E-state index contributed by atoms with van der Waals surface area (Å²) in [5.74, 6) is 4.30. The van der Waals surface area contributed by atoms with E-state index in [9.17, 15) is 5.11 Å². The minimum atomic E-state index is -0.841. The van der Waals surface area contributed by atoms with Crippen molar-refractivity contribution in [2.45, 2.75) is 78.7 Å². The first kappa shape index (κ1) is 22.2. The smallest absolute Gasteiger partial charge is 0.110 e. The second-order valence-electron chi connectivity index (χ2n) is 13.6. The van der Waals surface area contributed by atoms with Gasteiger partial charge in [0.15, 0.2) is 0 Å². The van der Waals surface area contributed by atoms with Crippen molar-refractivity contribution in [2.24, 2.45) is 46.3 Å². The molecule has 35 heavy (non-hydrogen) atoms. The summed E-state index contributed by atoms with van der Waals surface area (Å²) in [6.07, 6.45) is 4.77. The summed E-state index contributed by atoms with van der Waals surface area (Å²) in [6.45, 7) is 14.1. The number of hydrogen-bond acceptors (Lipinski definition) is 3. The number of pyridine rings is 2. The fraction of sp³-hybridized carbons (Fsp3) is 0.625. The molecular weight excluding hydrogens is 428 g/mol. The van der Waals surface area contributed by atoms with Crippen molar-refractivity contribution < 1.29 is 5.11 Å². The van der Waals surface area contributed by atoms with Gasteiger partial charge in [-0.3, -0.25) is 4.98 Å². The van der Waals surface area contributed by atoms with Crippen LogP contribution in [0, 0.1) is 46.3 Å². The van der Waals surface area contributed by atoms with Crippen LogP contribution in [0.25, 0.3) is 21.8 Å². The minimum Gasteiger partial charge on any atom is -0.383 e. The third-order valence-electron chi connectivity index (χ3n) is 11.8. The van der Waals surface area contributed by atoms with Gasteiger partial charge in [0, 0.05) is 22.4 Å². The van der Waals surface area contributed by atoms with Crippen LogP contribution in [0.1, 0.15) is 84.5 Å². The average molecular weight is 469 g/mol. The zero-order chi connectivity index (χ0) is 24.5. The highest BCUT2D eigenvalue weighted by Gasteiger charge is 2.70. The first-order valence-electron chi connectivity index (χ1n) is 14.0. The van der Waals surface area contributed by atoms with E-state index >= 15 is 0 Å². The molecule has 4 fully saturated rings. The zero-order valence-electron chi connectivity index (χ0n) is 22.2. The van der Waals surface area contributed by atoms with Crippen molar-refractivity contribution in [3.05, 3.63) is 47.8 Å². The summed E-state index contributed by atoms with van der Waals surface area (Å²) in [6, 6.07) is 13.1. The molecule has 0 saturated heterocycles. The predicted octanol–water partition coefficient (Wildman–Crippen LogP) is 7.46. The number of aliphatic hydroxyl groups is 1. The maximum atomic E-state index is 12.0. The predicted molar refractivity (Wildman–Crippen MR) is 142 cm³/mol. The molecule has 1 aromatic carbocycles. The van der Waals surface area contributed by atoms with Crippen LogP contribution in [0.15, 0.2) is 36.4 Å². The van der Waals surface area contributed by atoms with E-state index in [-0.39, 0.29) is 5.92 Å². The minimum absolute atomic E-state index is 0.242. The Morgan fingerprint density at radius 1 is 0.771 bits per heavy atom. The largest absolute Gasteiger partial charge is 0.383 e. The molecule has 3 aromatic rings. The summed E-state index contributed by atoms with van der Waals surface area (Å²) in [4.78, 5) is 10.5. The molecular formula is C32H40N2O. The molecule has 2 unspecified atom stereocenters. The lowest BCUT2D eigenvalue weighted by molar-refractivity contribution is -0.0217. The van der Waals surface area contributed by atoms with Crippen molar-refractivity contribution >= 4 is 21.8 Å². The molecule has 7 rings (SSSR count). The Kier molecular flexibility index (Phi) is 4.35. The quantitative estimate of drug-likeness (QED) is 0.404. The summed E-state index contributed by atoms with van der Waals surface area (Å²) >= 11 is 0. The molecule has 1 N–H and O–H groups in total. The van der Waals surface area contributed by atoms with Crippen LogP contribution < -0.4 is 0 Å². The molecule has 0 amide bonds. The number of benzene rings is 1. The molecule has 184 valence electrons. The van der Waals surface area contributed by atoms with E-state index in [1.54, 1.807) is 0 Å². The molecule has 0 aliphatic heterocycles. The second kappa shape index (κ2) is 6.85. The van der Waals surface area contributed by atoms with Crippen LogP contribution in [0.5, 0.6) is 0 Å². The first-order chi connectivity index (χ1) is 16.6. The lowest BCUT2D eigenvalue weighted by Gasteiger charge is -2.31. The molecule has 0 radical (unpaired) electrons. The van der Waals surface area contributed by atoms with Gasteiger partial charge in [0.1, 0.15) is 5.60 Å². The molecule has 0 bridgehead atoms. The standard InChI is InChI=1S/C32H40N2O/c1-17(2)30-13-23(19(5)24(30)14-30)26-11-9-21-7-8-22-10-12-27(34-29(22)28(21)33-26)32(35)16-31(18(3)4)15-25(31)20(32)6/h7-12,17-20,23-25,35H,13-16H2,1-6H3/t19-,20+,23?,24-,25-,30-,31+,32?/m1/s1. The molecule has 3 heteroatoms. The van der Waals surface area contributed by atoms with E-state index in [0.717, 1.165) is 45.8 Å². The van der Waals surface area contributed by atoms with E-state index in [1.165, 1.54) is 25.0 Å². The maximum absolute atomic E-state index is 12.0. The molecule has 8 atom stereocenters. The van der Waals surface area contributed by atoms with Gasteiger partial charge in [-0.2, -0.15) is 0 Å². The third kappa shape index (κ3) is 2.77. The van der Waals surface area contributed by atoms with E-state index in [1.807, 2.05) is 0 Å². The number of fused-ring (bicyclic) bond motifs is 5. The van der Waals surface area contributed by atoms with Gasteiger partial charge in [0.2, 0.25) is 0 Å². The number of hydrogen-bond donors (Lipinski definition) is 1. The Morgan fingerprint density at radius 2 is 1.37 bits per heavy atom. The number of rotatable bonds is 4. The molecule has 2 heterocycles. The van der Waals surface area contributed by atoms with Crippen molar-refractivity contribution in [1.29, 1.82) is 0 Å². The van der Waals surface area contributed by atoms with Gasteiger partial charge in [-0.25, -0.2) is 4.98 Å². The van der Waals surface area contributed by atoms with Crippen LogP contribution in [-0.4, -0.2) is 15.1 Å². The van der Waals surface area contributed by atoms with Gasteiger partial charge >= 0.3 is 0 Å². The molecule has 3 nitrogen and oxygen atoms in total. The Hall–Kier alpha value is -2.00. The Labute approximate surface area is 209 Å². The molecule has 0 spiro atoms. The lowest BCUT2D eigenvalue weighted by atomic mass is 9.81. The van der Waals surface area contributed by atoms with Crippen molar-refractivity contribution in [1.82, 2.24) is 9.97 Å². The molecule has 4 aliphatic carbocycles. The molecule has 4 aliphatic rings. The topological polar surface area (TPSA) is 46.0 Å². The molecule has 4 saturated carbocycles. The highest BCUT2D eigenvalue weighted by Crippen LogP contribution is 2.74. The van der Waals surface area contributed by atoms with Gasteiger partial charge in [0.05, 0.1) is 16.7 Å². The monoisotopic (exact) mass is 468 g/mol. The highest BCUT2D eigenvalue weighted by atomic mass is 16.3. The van der Waals surface area contributed by atoms with Gasteiger partial charge in [-0.1, -0.05) is 65.8 Å². The third-order valence-corrected chi connectivity index (χ3v) is 11.8. The number of nitrogens with zero attached hydrogens (tertiary/aromatic N) is 2. The van der Waals surface area contributed by atoms with E-state index < -0.39 is 5.60 Å². The van der Waals surface area contributed by atoms with Crippen molar-refractivity contribution in [3.8, 4) is 0 Å².